The number of benzene rings is 11. The largest absolute Gasteiger partial charge is 0.456 e. The van der Waals surface area contributed by atoms with E-state index in [1.54, 1.807) is 0 Å². The number of hydrogen-bond acceptors (Lipinski definition) is 5. The molecule has 11 aromatic carbocycles. The lowest BCUT2D eigenvalue weighted by Crippen LogP contribution is -2.33. The summed E-state index contributed by atoms with van der Waals surface area (Å²) in [6.07, 6.45) is -0.373. The van der Waals surface area contributed by atoms with Crippen LogP contribution in [0.1, 0.15) is 22.9 Å². The highest BCUT2D eigenvalue weighted by Gasteiger charge is 2.27. The number of aliphatic imine (C=N–C) groups is 2. The summed E-state index contributed by atoms with van der Waals surface area (Å²) in [5.74, 6) is 1.40. The first-order valence-corrected chi connectivity index (χ1v) is 25.4. The van der Waals surface area contributed by atoms with Gasteiger partial charge in [0.2, 0.25) is 0 Å². The van der Waals surface area contributed by atoms with Gasteiger partial charge in [-0.15, -0.1) is 0 Å². The van der Waals surface area contributed by atoms with Gasteiger partial charge in [-0.25, -0.2) is 9.98 Å². The number of para-hydroxylation sites is 2. The first-order valence-electron chi connectivity index (χ1n) is 25.4. The number of hydrogen-bond donors (Lipinski definition) is 1. The van der Waals surface area contributed by atoms with Crippen molar-refractivity contribution in [2.24, 2.45) is 9.98 Å². The molecule has 352 valence electrons. The predicted octanol–water partition coefficient (Wildman–Crippen LogP) is 17.7. The normalized spacial score (nSPS) is 13.7. The van der Waals surface area contributed by atoms with Gasteiger partial charge >= 0.3 is 0 Å². The molecule has 0 bridgehead atoms. The van der Waals surface area contributed by atoms with Gasteiger partial charge in [-0.1, -0.05) is 206 Å². The summed E-state index contributed by atoms with van der Waals surface area (Å²) < 4.78 is 15.9. The molecule has 0 radical (unpaired) electrons. The van der Waals surface area contributed by atoms with Crippen LogP contribution < -0.4 is 5.32 Å². The van der Waals surface area contributed by atoms with Crippen molar-refractivity contribution < 1.29 is 8.83 Å². The number of rotatable bonds is 8. The minimum atomic E-state index is -0.373. The highest BCUT2D eigenvalue weighted by Crippen LogP contribution is 2.47. The molecule has 0 amide bonds. The predicted molar refractivity (Wildman–Crippen MR) is 309 cm³/mol. The van der Waals surface area contributed by atoms with Crippen molar-refractivity contribution in [2.45, 2.75) is 6.17 Å². The van der Waals surface area contributed by atoms with Gasteiger partial charge in [0, 0.05) is 55.3 Å². The van der Waals surface area contributed by atoms with Crippen LogP contribution in [0.5, 0.6) is 0 Å². The first-order chi connectivity index (χ1) is 37.2. The van der Waals surface area contributed by atoms with E-state index in [4.69, 9.17) is 18.8 Å². The molecule has 0 fully saturated rings. The van der Waals surface area contributed by atoms with Crippen LogP contribution in [0.25, 0.3) is 116 Å². The van der Waals surface area contributed by atoms with Crippen LogP contribution in [0.3, 0.4) is 0 Å². The number of aromatic nitrogens is 1. The molecule has 6 nitrogen and oxygen atoms in total. The van der Waals surface area contributed by atoms with Gasteiger partial charge in [-0.2, -0.15) is 0 Å². The summed E-state index contributed by atoms with van der Waals surface area (Å²) in [5.41, 5.74) is 18.2. The van der Waals surface area contributed by atoms with E-state index in [1.807, 2.05) is 36.4 Å². The van der Waals surface area contributed by atoms with Crippen LogP contribution in [0.4, 0.5) is 0 Å². The van der Waals surface area contributed by atoms with Crippen molar-refractivity contribution in [1.29, 1.82) is 0 Å². The van der Waals surface area contributed by atoms with Crippen molar-refractivity contribution in [3.05, 3.63) is 271 Å². The van der Waals surface area contributed by atoms with E-state index < -0.39 is 0 Å². The minimum Gasteiger partial charge on any atom is -0.456 e. The number of nitrogens with zero attached hydrogens (tertiary/aromatic N) is 3. The molecule has 3 aromatic heterocycles. The molecule has 1 unspecified atom stereocenters. The van der Waals surface area contributed by atoms with E-state index in [-0.39, 0.29) is 6.17 Å². The van der Waals surface area contributed by atoms with Gasteiger partial charge in [0.15, 0.2) is 5.84 Å². The SMILES string of the molecule is c1ccc(C2=NC(c3ccccc3)NC(c3cc(-c4ccc(-c5ccccc5)cc4)c(-n4c5ccccc5c5c6oc7cc8oc9ccccc9c8cc7c6ccc54)c(-c4ccc(-c5ccccc5)cc4)c3)=N2)cc1. The van der Waals surface area contributed by atoms with E-state index in [0.717, 1.165) is 138 Å². The second-order valence-electron chi connectivity index (χ2n) is 19.3. The zero-order valence-electron chi connectivity index (χ0n) is 40.5. The fourth-order valence-corrected chi connectivity index (χ4v) is 11.3. The lowest BCUT2D eigenvalue weighted by Gasteiger charge is -2.26. The summed E-state index contributed by atoms with van der Waals surface area (Å²) >= 11 is 0. The third-order valence-electron chi connectivity index (χ3n) is 14.9. The number of nitrogens with one attached hydrogen (secondary N) is 1. The topological polar surface area (TPSA) is 68.0 Å². The van der Waals surface area contributed by atoms with E-state index in [9.17, 15) is 0 Å². The summed E-state index contributed by atoms with van der Waals surface area (Å²) in [5, 5.41) is 10.2. The number of furan rings is 2. The van der Waals surface area contributed by atoms with E-state index in [2.05, 4.69) is 228 Å². The molecular weight excluding hydrogens is 917 g/mol. The average Bonchev–Trinajstić information content (AvgIpc) is 4.26. The summed E-state index contributed by atoms with van der Waals surface area (Å²) in [6.45, 7) is 0. The zero-order chi connectivity index (χ0) is 49.4. The molecule has 1 atom stereocenters. The Hall–Kier alpha value is -10.0. The fraction of sp³-hybridized carbons (Fsp3) is 0.0145. The second-order valence-corrected chi connectivity index (χ2v) is 19.3. The Morgan fingerprint density at radius 1 is 0.360 bits per heavy atom. The Labute approximate surface area is 431 Å². The Balaban J connectivity index is 1.02. The number of fused-ring (bicyclic) bond motifs is 10. The van der Waals surface area contributed by atoms with Gasteiger partial charge < -0.3 is 18.7 Å². The lowest BCUT2D eigenvalue weighted by molar-refractivity contribution is 0.658. The molecule has 0 spiro atoms. The molecule has 1 N–H and O–H groups in total. The molecular formula is C69H44N4O2. The summed E-state index contributed by atoms with van der Waals surface area (Å²) in [6, 6.07) is 90.2. The van der Waals surface area contributed by atoms with Gasteiger partial charge in [0.05, 0.1) is 22.1 Å². The zero-order valence-corrected chi connectivity index (χ0v) is 40.5. The third kappa shape index (κ3) is 7.18. The highest BCUT2D eigenvalue weighted by molar-refractivity contribution is 6.26. The van der Waals surface area contributed by atoms with Crippen LogP contribution in [-0.2, 0) is 0 Å². The van der Waals surface area contributed by atoms with Crippen LogP contribution in [0, 0.1) is 0 Å². The summed E-state index contributed by atoms with van der Waals surface area (Å²) in [4.78, 5) is 10.6. The van der Waals surface area contributed by atoms with E-state index >= 15 is 0 Å². The molecule has 0 aliphatic carbocycles. The molecule has 6 heteroatoms. The van der Waals surface area contributed by atoms with Crippen LogP contribution >= 0.6 is 0 Å². The van der Waals surface area contributed by atoms with Gasteiger partial charge in [-0.05, 0) is 81.4 Å². The second kappa shape index (κ2) is 17.3. The van der Waals surface area contributed by atoms with Gasteiger partial charge in [0.25, 0.3) is 0 Å². The summed E-state index contributed by atoms with van der Waals surface area (Å²) in [7, 11) is 0. The quantitative estimate of drug-likeness (QED) is 0.165. The van der Waals surface area contributed by atoms with Crippen molar-refractivity contribution >= 4 is 77.4 Å². The van der Waals surface area contributed by atoms with Crippen molar-refractivity contribution in [3.8, 4) is 50.2 Å². The minimum absolute atomic E-state index is 0.373. The Bertz CT molecular complexity index is 4470. The molecule has 15 rings (SSSR count). The highest BCUT2D eigenvalue weighted by atomic mass is 16.3. The smallest absolute Gasteiger partial charge is 0.159 e. The molecule has 14 aromatic rings. The third-order valence-corrected chi connectivity index (χ3v) is 14.9. The molecule has 0 saturated heterocycles. The molecule has 75 heavy (non-hydrogen) atoms. The van der Waals surface area contributed by atoms with Crippen LogP contribution in [0.15, 0.2) is 274 Å². The Kier molecular flexibility index (Phi) is 9.85. The average molecular weight is 961 g/mol. The lowest BCUT2D eigenvalue weighted by atomic mass is 9.90. The molecule has 1 aliphatic rings. The monoisotopic (exact) mass is 960 g/mol. The van der Waals surface area contributed by atoms with E-state index in [1.165, 1.54) is 0 Å². The van der Waals surface area contributed by atoms with Crippen molar-refractivity contribution in [2.75, 3.05) is 0 Å². The Morgan fingerprint density at radius 2 is 0.880 bits per heavy atom. The van der Waals surface area contributed by atoms with Gasteiger partial charge in [0.1, 0.15) is 34.3 Å². The van der Waals surface area contributed by atoms with E-state index in [0.29, 0.717) is 5.84 Å². The first kappa shape index (κ1) is 42.6. The van der Waals surface area contributed by atoms with Crippen LogP contribution in [0.2, 0.25) is 0 Å². The molecule has 0 saturated carbocycles. The number of amidine groups is 2. The molecule has 4 heterocycles. The van der Waals surface area contributed by atoms with Crippen molar-refractivity contribution in [1.82, 2.24) is 9.88 Å². The maximum atomic E-state index is 7.05. The maximum absolute atomic E-state index is 7.05. The molecule has 1 aliphatic heterocycles. The van der Waals surface area contributed by atoms with Gasteiger partial charge in [-0.3, -0.25) is 0 Å². The standard InChI is InChI=1S/C69H44N4O2/c1-5-17-43(18-6-1)45-29-33-47(34-30-45)55-39-51(69-71-67(49-21-9-3-10-22-49)70-68(72-69)50-23-11-4-12-24-50)40-56(48-35-31-46(32-36-48)44-19-7-2-8-20-44)65(55)73-59-27-15-13-26-54(59)64-60(73)38-37-53-58-41-57-52-25-14-16-28-61(52)74-62(57)42-63(58)75-66(53)64/h1-42,67H,(H,70,71,72). The Morgan fingerprint density at radius 3 is 1.53 bits per heavy atom. The fourth-order valence-electron chi connectivity index (χ4n) is 11.3. The van der Waals surface area contributed by atoms with Crippen LogP contribution in [-0.4, -0.2) is 16.2 Å². The maximum Gasteiger partial charge on any atom is 0.159 e. The van der Waals surface area contributed by atoms with Crippen molar-refractivity contribution in [3.63, 3.8) is 0 Å².